The minimum Gasteiger partial charge on any atom is -0.394 e. The second-order valence-electron chi connectivity index (χ2n) is 4.81. The summed E-state index contributed by atoms with van der Waals surface area (Å²) in [5, 5.41) is 9.08. The molecule has 5 heteroatoms. The Balaban J connectivity index is 2.53. The van der Waals surface area contributed by atoms with Gasteiger partial charge in [-0.05, 0) is 26.3 Å². The van der Waals surface area contributed by atoms with E-state index in [2.05, 4.69) is 0 Å². The molecule has 0 aromatic rings. The number of carbonyl (C=O) groups excluding carboxylic acids is 1. The van der Waals surface area contributed by atoms with E-state index in [9.17, 15) is 4.79 Å². The van der Waals surface area contributed by atoms with Gasteiger partial charge in [0.15, 0.2) is 0 Å². The predicted octanol–water partition coefficient (Wildman–Crippen LogP) is -0.0304. The molecule has 0 spiro atoms. The molecule has 100 valence electrons. The summed E-state index contributed by atoms with van der Waals surface area (Å²) in [6.45, 7) is 5.49. The average Bonchev–Trinajstić information content (AvgIpc) is 2.35. The van der Waals surface area contributed by atoms with Gasteiger partial charge in [0, 0.05) is 12.5 Å². The maximum atomic E-state index is 12.2. The normalized spacial score (nSPS) is 26.9. The molecule has 1 aliphatic heterocycles. The molecule has 3 unspecified atom stereocenters. The third-order valence-corrected chi connectivity index (χ3v) is 3.26. The monoisotopic (exact) mass is 244 g/mol. The molecular weight excluding hydrogens is 220 g/mol. The summed E-state index contributed by atoms with van der Waals surface area (Å²) in [7, 11) is 0. The number of aliphatic hydroxyl groups excluding tert-OH is 1. The lowest BCUT2D eigenvalue weighted by atomic mass is 10.0. The van der Waals surface area contributed by atoms with Crippen LogP contribution in [0.4, 0.5) is 0 Å². The predicted molar refractivity (Wildman–Crippen MR) is 65.5 cm³/mol. The van der Waals surface area contributed by atoms with Gasteiger partial charge in [0.05, 0.1) is 25.4 Å². The van der Waals surface area contributed by atoms with Gasteiger partial charge in [0.2, 0.25) is 5.91 Å². The number of aliphatic hydroxyl groups is 1. The summed E-state index contributed by atoms with van der Waals surface area (Å²) < 4.78 is 5.42. The minimum absolute atomic E-state index is 0.00144. The zero-order valence-electron chi connectivity index (χ0n) is 10.8. The molecular formula is C12H24N2O3. The number of morpholine rings is 1. The molecule has 3 atom stereocenters. The summed E-state index contributed by atoms with van der Waals surface area (Å²) in [5.41, 5.74) is 5.45. The van der Waals surface area contributed by atoms with E-state index in [0.717, 1.165) is 12.8 Å². The third kappa shape index (κ3) is 3.94. The molecule has 3 N–H and O–H groups in total. The smallest absolute Gasteiger partial charge is 0.225 e. The SMILES string of the molecule is CC(CCCN)C(=O)N1CC(CO)OCC1C. The summed E-state index contributed by atoms with van der Waals surface area (Å²) in [4.78, 5) is 14.0. The van der Waals surface area contributed by atoms with Gasteiger partial charge in [-0.2, -0.15) is 0 Å². The highest BCUT2D eigenvalue weighted by atomic mass is 16.5. The molecule has 1 fully saturated rings. The van der Waals surface area contributed by atoms with Gasteiger partial charge < -0.3 is 20.5 Å². The molecule has 17 heavy (non-hydrogen) atoms. The number of carbonyl (C=O) groups is 1. The molecule has 1 rings (SSSR count). The first-order valence-electron chi connectivity index (χ1n) is 6.33. The van der Waals surface area contributed by atoms with Gasteiger partial charge in [-0.1, -0.05) is 6.92 Å². The summed E-state index contributed by atoms with van der Waals surface area (Å²) in [5.74, 6) is 0.145. The van der Waals surface area contributed by atoms with Crippen molar-refractivity contribution in [1.82, 2.24) is 4.90 Å². The van der Waals surface area contributed by atoms with Gasteiger partial charge >= 0.3 is 0 Å². The first-order chi connectivity index (χ1) is 8.10. The Hall–Kier alpha value is -0.650. The highest BCUT2D eigenvalue weighted by molar-refractivity contribution is 5.78. The summed E-state index contributed by atoms with van der Waals surface area (Å²) >= 11 is 0. The second-order valence-corrected chi connectivity index (χ2v) is 4.81. The number of ether oxygens (including phenoxy) is 1. The summed E-state index contributed by atoms with van der Waals surface area (Å²) in [6, 6.07) is 0.0885. The van der Waals surface area contributed by atoms with E-state index in [1.54, 1.807) is 0 Å². The van der Waals surface area contributed by atoms with Gasteiger partial charge in [-0.15, -0.1) is 0 Å². The van der Waals surface area contributed by atoms with E-state index in [4.69, 9.17) is 15.6 Å². The lowest BCUT2D eigenvalue weighted by Crippen LogP contribution is -2.53. The largest absolute Gasteiger partial charge is 0.394 e. The van der Waals surface area contributed by atoms with Crippen molar-refractivity contribution >= 4 is 5.91 Å². The van der Waals surface area contributed by atoms with Crippen molar-refractivity contribution in [3.63, 3.8) is 0 Å². The fraction of sp³-hybridized carbons (Fsp3) is 0.917. The molecule has 0 aromatic carbocycles. The fourth-order valence-electron chi connectivity index (χ4n) is 2.07. The van der Waals surface area contributed by atoms with Crippen molar-refractivity contribution in [1.29, 1.82) is 0 Å². The van der Waals surface area contributed by atoms with Gasteiger partial charge in [0.1, 0.15) is 0 Å². The van der Waals surface area contributed by atoms with E-state index in [0.29, 0.717) is 19.7 Å². The van der Waals surface area contributed by atoms with E-state index in [-0.39, 0.29) is 30.6 Å². The zero-order valence-corrected chi connectivity index (χ0v) is 10.8. The number of rotatable bonds is 5. The maximum absolute atomic E-state index is 12.2. The number of amides is 1. The first-order valence-corrected chi connectivity index (χ1v) is 6.33. The van der Waals surface area contributed by atoms with E-state index in [1.165, 1.54) is 0 Å². The van der Waals surface area contributed by atoms with Gasteiger partial charge in [-0.3, -0.25) is 4.79 Å². The average molecular weight is 244 g/mol. The Bertz CT molecular complexity index is 248. The lowest BCUT2D eigenvalue weighted by molar-refractivity contribution is -0.150. The number of nitrogens with two attached hydrogens (primary N) is 1. The lowest BCUT2D eigenvalue weighted by Gasteiger charge is -2.38. The molecule has 0 saturated carbocycles. The van der Waals surface area contributed by atoms with Crippen LogP contribution in [0.15, 0.2) is 0 Å². The van der Waals surface area contributed by atoms with Crippen LogP contribution in [0.1, 0.15) is 26.7 Å². The second kappa shape index (κ2) is 6.93. The highest BCUT2D eigenvalue weighted by Gasteiger charge is 2.31. The molecule has 0 bridgehead atoms. The molecule has 1 heterocycles. The van der Waals surface area contributed by atoms with Crippen molar-refractivity contribution in [2.45, 2.75) is 38.8 Å². The molecule has 1 aliphatic rings. The minimum atomic E-state index is -0.239. The Morgan fingerprint density at radius 2 is 2.35 bits per heavy atom. The zero-order chi connectivity index (χ0) is 12.8. The Morgan fingerprint density at radius 3 is 2.94 bits per heavy atom. The number of nitrogens with zero attached hydrogens (tertiary/aromatic N) is 1. The number of hydrogen-bond donors (Lipinski definition) is 2. The van der Waals surface area contributed by atoms with Crippen LogP contribution in [0.25, 0.3) is 0 Å². The molecule has 1 saturated heterocycles. The number of hydrogen-bond acceptors (Lipinski definition) is 4. The fourth-order valence-corrected chi connectivity index (χ4v) is 2.07. The van der Waals surface area contributed by atoms with Crippen molar-refractivity contribution in [2.75, 3.05) is 26.3 Å². The Morgan fingerprint density at radius 1 is 1.65 bits per heavy atom. The van der Waals surface area contributed by atoms with Crippen LogP contribution in [0.2, 0.25) is 0 Å². The van der Waals surface area contributed by atoms with Crippen LogP contribution in [0.3, 0.4) is 0 Å². The van der Waals surface area contributed by atoms with Crippen molar-refractivity contribution in [3.05, 3.63) is 0 Å². The molecule has 0 radical (unpaired) electrons. The summed E-state index contributed by atoms with van der Waals surface area (Å²) in [6.07, 6.45) is 1.45. The topological polar surface area (TPSA) is 75.8 Å². The van der Waals surface area contributed by atoms with Crippen LogP contribution >= 0.6 is 0 Å². The van der Waals surface area contributed by atoms with E-state index >= 15 is 0 Å². The highest BCUT2D eigenvalue weighted by Crippen LogP contribution is 2.17. The molecule has 5 nitrogen and oxygen atoms in total. The van der Waals surface area contributed by atoms with Gasteiger partial charge in [0.25, 0.3) is 0 Å². The van der Waals surface area contributed by atoms with Crippen LogP contribution in [0, 0.1) is 5.92 Å². The van der Waals surface area contributed by atoms with Crippen LogP contribution < -0.4 is 5.73 Å². The van der Waals surface area contributed by atoms with Crippen LogP contribution in [-0.2, 0) is 9.53 Å². The van der Waals surface area contributed by atoms with Crippen molar-refractivity contribution in [3.8, 4) is 0 Å². The van der Waals surface area contributed by atoms with Crippen LogP contribution in [-0.4, -0.2) is 54.4 Å². The van der Waals surface area contributed by atoms with Crippen molar-refractivity contribution in [2.24, 2.45) is 11.7 Å². The Kier molecular flexibility index (Phi) is 5.88. The quantitative estimate of drug-likeness (QED) is 0.712. The van der Waals surface area contributed by atoms with E-state index < -0.39 is 0 Å². The van der Waals surface area contributed by atoms with E-state index in [1.807, 2.05) is 18.7 Å². The van der Waals surface area contributed by atoms with Crippen molar-refractivity contribution < 1.29 is 14.6 Å². The maximum Gasteiger partial charge on any atom is 0.225 e. The Labute approximate surface area is 103 Å². The first kappa shape index (κ1) is 14.4. The molecule has 0 aromatic heterocycles. The molecule has 0 aliphatic carbocycles. The van der Waals surface area contributed by atoms with Gasteiger partial charge in [-0.25, -0.2) is 0 Å². The standard InChI is InChI=1S/C12H24N2O3/c1-9(4-3-5-13)12(16)14-6-11(7-15)17-8-10(14)2/h9-11,15H,3-8,13H2,1-2H3. The van der Waals surface area contributed by atoms with Crippen LogP contribution in [0.5, 0.6) is 0 Å². The molecule has 1 amide bonds. The third-order valence-electron chi connectivity index (χ3n) is 3.26.